The molecule has 0 unspecified atom stereocenters. The molecule has 0 aromatic carbocycles. The molecule has 1 aromatic rings. The minimum atomic E-state index is -0.466. The molecule has 1 fully saturated rings. The standard InChI is InChI=1S/C17H26N2O3/c1-13(15-9-5-6-10-18-15)21-12-14-8-7-11-19(14)16(20)22-17(2,3)4/h5-6,9-10,13-14H,7-8,11-12H2,1-4H3/t13-,14+/m0/s1. The van der Waals surface area contributed by atoms with Crippen LogP contribution in [0.4, 0.5) is 4.79 Å². The van der Waals surface area contributed by atoms with Crippen LogP contribution in [0.15, 0.2) is 24.4 Å². The molecule has 2 rings (SSSR count). The Labute approximate surface area is 132 Å². The molecule has 1 saturated heterocycles. The van der Waals surface area contributed by atoms with Crippen molar-refractivity contribution in [1.29, 1.82) is 0 Å². The van der Waals surface area contributed by atoms with E-state index in [0.29, 0.717) is 6.61 Å². The van der Waals surface area contributed by atoms with E-state index in [9.17, 15) is 4.79 Å². The van der Waals surface area contributed by atoms with Gasteiger partial charge in [-0.05, 0) is 52.7 Å². The van der Waals surface area contributed by atoms with Crippen molar-refractivity contribution in [2.75, 3.05) is 13.2 Å². The van der Waals surface area contributed by atoms with E-state index in [1.54, 1.807) is 11.1 Å². The van der Waals surface area contributed by atoms with Crippen molar-refractivity contribution in [3.05, 3.63) is 30.1 Å². The van der Waals surface area contributed by atoms with Gasteiger partial charge in [-0.15, -0.1) is 0 Å². The Hall–Kier alpha value is -1.62. The monoisotopic (exact) mass is 306 g/mol. The smallest absolute Gasteiger partial charge is 0.410 e. The van der Waals surface area contributed by atoms with Crippen LogP contribution in [0.25, 0.3) is 0 Å². The molecule has 0 aliphatic carbocycles. The van der Waals surface area contributed by atoms with Crippen LogP contribution in [-0.2, 0) is 9.47 Å². The molecule has 0 N–H and O–H groups in total. The number of amides is 1. The van der Waals surface area contributed by atoms with E-state index in [4.69, 9.17) is 9.47 Å². The summed E-state index contributed by atoms with van der Waals surface area (Å²) >= 11 is 0. The Morgan fingerprint density at radius 3 is 2.86 bits per heavy atom. The van der Waals surface area contributed by atoms with Crippen molar-refractivity contribution in [3.8, 4) is 0 Å². The van der Waals surface area contributed by atoms with Crippen LogP contribution in [0, 0.1) is 0 Å². The quantitative estimate of drug-likeness (QED) is 0.853. The van der Waals surface area contributed by atoms with E-state index in [1.807, 2.05) is 45.9 Å². The van der Waals surface area contributed by atoms with Crippen LogP contribution < -0.4 is 0 Å². The van der Waals surface area contributed by atoms with Gasteiger partial charge >= 0.3 is 6.09 Å². The molecule has 2 heterocycles. The summed E-state index contributed by atoms with van der Waals surface area (Å²) in [5.41, 5.74) is 0.441. The number of rotatable bonds is 4. The topological polar surface area (TPSA) is 51.7 Å². The Balaban J connectivity index is 1.87. The third-order valence-electron chi connectivity index (χ3n) is 3.65. The highest BCUT2D eigenvalue weighted by Gasteiger charge is 2.32. The van der Waals surface area contributed by atoms with Crippen LogP contribution in [0.5, 0.6) is 0 Å². The summed E-state index contributed by atoms with van der Waals surface area (Å²) in [4.78, 5) is 18.3. The number of carbonyl (C=O) groups excluding carboxylic acids is 1. The first-order chi connectivity index (χ1) is 10.4. The van der Waals surface area contributed by atoms with Gasteiger partial charge in [0.05, 0.1) is 24.4 Å². The summed E-state index contributed by atoms with van der Waals surface area (Å²) in [6, 6.07) is 5.87. The van der Waals surface area contributed by atoms with Crippen molar-refractivity contribution in [1.82, 2.24) is 9.88 Å². The number of hydrogen-bond acceptors (Lipinski definition) is 4. The number of nitrogens with zero attached hydrogens (tertiary/aromatic N) is 2. The fourth-order valence-corrected chi connectivity index (χ4v) is 2.53. The van der Waals surface area contributed by atoms with Crippen molar-refractivity contribution >= 4 is 6.09 Å². The van der Waals surface area contributed by atoms with Crippen molar-refractivity contribution in [3.63, 3.8) is 0 Å². The zero-order chi connectivity index (χ0) is 16.2. The van der Waals surface area contributed by atoms with Gasteiger partial charge in [0.1, 0.15) is 5.60 Å². The lowest BCUT2D eigenvalue weighted by Gasteiger charge is -2.29. The van der Waals surface area contributed by atoms with Gasteiger partial charge < -0.3 is 14.4 Å². The zero-order valence-electron chi connectivity index (χ0n) is 13.9. The fourth-order valence-electron chi connectivity index (χ4n) is 2.53. The predicted octanol–water partition coefficient (Wildman–Crippen LogP) is 3.56. The van der Waals surface area contributed by atoms with Crippen LogP contribution in [0.2, 0.25) is 0 Å². The van der Waals surface area contributed by atoms with Gasteiger partial charge in [-0.25, -0.2) is 4.79 Å². The summed E-state index contributed by atoms with van der Waals surface area (Å²) in [6.07, 6.45) is 3.38. The minimum absolute atomic E-state index is 0.0812. The molecule has 122 valence electrons. The van der Waals surface area contributed by atoms with E-state index in [-0.39, 0.29) is 18.2 Å². The molecule has 1 aliphatic rings. The third-order valence-corrected chi connectivity index (χ3v) is 3.65. The molecule has 1 aromatic heterocycles. The fraction of sp³-hybridized carbons (Fsp3) is 0.647. The highest BCUT2D eigenvalue weighted by Crippen LogP contribution is 2.23. The largest absolute Gasteiger partial charge is 0.444 e. The molecule has 0 spiro atoms. The highest BCUT2D eigenvalue weighted by molar-refractivity contribution is 5.68. The second-order valence-electron chi connectivity index (χ2n) is 6.70. The average Bonchev–Trinajstić information content (AvgIpc) is 2.92. The number of pyridine rings is 1. The van der Waals surface area contributed by atoms with Gasteiger partial charge in [0.15, 0.2) is 0 Å². The molecule has 1 aliphatic heterocycles. The first kappa shape index (κ1) is 16.7. The SMILES string of the molecule is C[C@H](OC[C@H]1CCCN1C(=O)OC(C)(C)C)c1ccccn1. The maximum absolute atomic E-state index is 12.2. The van der Waals surface area contributed by atoms with E-state index in [2.05, 4.69) is 4.98 Å². The predicted molar refractivity (Wildman–Crippen MR) is 84.6 cm³/mol. The molecule has 5 nitrogen and oxygen atoms in total. The van der Waals surface area contributed by atoms with Crippen LogP contribution in [0.3, 0.4) is 0 Å². The number of carbonyl (C=O) groups is 1. The van der Waals surface area contributed by atoms with Gasteiger partial charge in [-0.2, -0.15) is 0 Å². The Kier molecular flexibility index (Phi) is 5.40. The van der Waals surface area contributed by atoms with Crippen molar-refractivity contribution in [2.24, 2.45) is 0 Å². The Morgan fingerprint density at radius 2 is 2.23 bits per heavy atom. The first-order valence-corrected chi connectivity index (χ1v) is 7.89. The molecule has 1 amide bonds. The second-order valence-corrected chi connectivity index (χ2v) is 6.70. The molecule has 0 radical (unpaired) electrons. The number of ether oxygens (including phenoxy) is 2. The van der Waals surface area contributed by atoms with Gasteiger partial charge in [-0.3, -0.25) is 4.98 Å². The van der Waals surface area contributed by atoms with Gasteiger partial charge in [-0.1, -0.05) is 6.07 Å². The lowest BCUT2D eigenvalue weighted by atomic mass is 10.2. The number of aromatic nitrogens is 1. The van der Waals surface area contributed by atoms with E-state index in [1.165, 1.54) is 0 Å². The molecule has 22 heavy (non-hydrogen) atoms. The maximum atomic E-state index is 12.2. The van der Waals surface area contributed by atoms with E-state index < -0.39 is 5.60 Å². The molecule has 5 heteroatoms. The third kappa shape index (κ3) is 4.70. The van der Waals surface area contributed by atoms with Gasteiger partial charge in [0.25, 0.3) is 0 Å². The highest BCUT2D eigenvalue weighted by atomic mass is 16.6. The second kappa shape index (κ2) is 7.09. The summed E-state index contributed by atoms with van der Waals surface area (Å²) < 4.78 is 11.4. The molecule has 0 saturated carbocycles. The summed E-state index contributed by atoms with van der Waals surface area (Å²) in [7, 11) is 0. The minimum Gasteiger partial charge on any atom is -0.444 e. The van der Waals surface area contributed by atoms with E-state index in [0.717, 1.165) is 25.1 Å². The lowest BCUT2D eigenvalue weighted by molar-refractivity contribution is -0.00250. The number of hydrogen-bond donors (Lipinski definition) is 0. The van der Waals surface area contributed by atoms with Crippen LogP contribution >= 0.6 is 0 Å². The van der Waals surface area contributed by atoms with E-state index >= 15 is 0 Å². The molecule has 0 bridgehead atoms. The molecule has 2 atom stereocenters. The normalized spacial score (nSPS) is 20.0. The van der Waals surface area contributed by atoms with Gasteiger partial charge in [0.2, 0.25) is 0 Å². The summed E-state index contributed by atoms with van der Waals surface area (Å²) in [6.45, 7) is 8.88. The van der Waals surface area contributed by atoms with Crippen LogP contribution in [0.1, 0.15) is 52.3 Å². The number of likely N-dealkylation sites (tertiary alicyclic amines) is 1. The maximum Gasteiger partial charge on any atom is 0.410 e. The molecular weight excluding hydrogens is 280 g/mol. The van der Waals surface area contributed by atoms with Crippen molar-refractivity contribution in [2.45, 2.75) is 58.3 Å². The Bertz CT molecular complexity index is 484. The Morgan fingerprint density at radius 1 is 1.45 bits per heavy atom. The first-order valence-electron chi connectivity index (χ1n) is 7.89. The zero-order valence-corrected chi connectivity index (χ0v) is 13.9. The average molecular weight is 306 g/mol. The summed E-state index contributed by atoms with van der Waals surface area (Å²) in [5.74, 6) is 0. The van der Waals surface area contributed by atoms with Gasteiger partial charge in [0, 0.05) is 12.7 Å². The summed E-state index contributed by atoms with van der Waals surface area (Å²) in [5, 5.41) is 0. The van der Waals surface area contributed by atoms with Crippen molar-refractivity contribution < 1.29 is 14.3 Å². The van der Waals surface area contributed by atoms with Crippen LogP contribution in [-0.4, -0.2) is 40.8 Å². The molecular formula is C17H26N2O3. The lowest BCUT2D eigenvalue weighted by Crippen LogP contribution is -2.41.